The summed E-state index contributed by atoms with van der Waals surface area (Å²) in [6, 6.07) is 11.6. The van der Waals surface area contributed by atoms with Gasteiger partial charge < -0.3 is 14.4 Å². The van der Waals surface area contributed by atoms with Crippen molar-refractivity contribution in [3.63, 3.8) is 0 Å². The van der Waals surface area contributed by atoms with Crippen molar-refractivity contribution in [3.8, 4) is 11.5 Å². The van der Waals surface area contributed by atoms with Gasteiger partial charge in [-0.1, -0.05) is 12.1 Å². The van der Waals surface area contributed by atoms with Crippen LogP contribution < -0.4 is 9.47 Å². The molecule has 1 aliphatic heterocycles. The van der Waals surface area contributed by atoms with Crippen molar-refractivity contribution < 1.29 is 18.7 Å². The van der Waals surface area contributed by atoms with E-state index in [2.05, 4.69) is 0 Å². The maximum atomic E-state index is 14.0. The van der Waals surface area contributed by atoms with Gasteiger partial charge in [-0.2, -0.15) is 0 Å². The molecule has 6 heteroatoms. The maximum Gasteiger partial charge on any atom is 0.258 e. The van der Waals surface area contributed by atoms with E-state index in [1.165, 1.54) is 12.1 Å². The molecular formula is C18H18FNO3S. The molecule has 0 unspecified atom stereocenters. The van der Waals surface area contributed by atoms with Crippen molar-refractivity contribution in [1.82, 2.24) is 4.90 Å². The Hall–Kier alpha value is -2.21. The fourth-order valence-electron chi connectivity index (χ4n) is 2.75. The number of hydrogen-bond acceptors (Lipinski definition) is 4. The minimum absolute atomic E-state index is 0.0949. The number of benzene rings is 2. The van der Waals surface area contributed by atoms with Crippen LogP contribution in [0.15, 0.2) is 42.5 Å². The zero-order valence-corrected chi connectivity index (χ0v) is 14.3. The third-order valence-corrected chi connectivity index (χ3v) is 5.21. The van der Waals surface area contributed by atoms with E-state index in [-0.39, 0.29) is 16.8 Å². The second-order valence-corrected chi connectivity index (χ2v) is 6.50. The van der Waals surface area contributed by atoms with Gasteiger partial charge in [0.15, 0.2) is 0 Å². The summed E-state index contributed by atoms with van der Waals surface area (Å²) in [6.07, 6.45) is 0. The molecule has 1 saturated heterocycles. The number of methoxy groups -OCH3 is 2. The van der Waals surface area contributed by atoms with Gasteiger partial charge in [0.25, 0.3) is 5.91 Å². The highest BCUT2D eigenvalue weighted by molar-refractivity contribution is 7.99. The molecular weight excluding hydrogens is 329 g/mol. The summed E-state index contributed by atoms with van der Waals surface area (Å²) in [4.78, 5) is 14.5. The van der Waals surface area contributed by atoms with Crippen molar-refractivity contribution in [2.24, 2.45) is 0 Å². The highest BCUT2D eigenvalue weighted by atomic mass is 32.2. The first-order valence-corrected chi connectivity index (χ1v) is 8.59. The Morgan fingerprint density at radius 1 is 1.21 bits per heavy atom. The van der Waals surface area contributed by atoms with Crippen LogP contribution in [0.4, 0.5) is 4.39 Å². The van der Waals surface area contributed by atoms with E-state index in [4.69, 9.17) is 9.47 Å². The van der Waals surface area contributed by atoms with Gasteiger partial charge in [-0.05, 0) is 24.3 Å². The van der Waals surface area contributed by atoms with E-state index in [0.29, 0.717) is 18.0 Å². The van der Waals surface area contributed by atoms with E-state index < -0.39 is 5.82 Å². The predicted molar refractivity (Wildman–Crippen MR) is 92.2 cm³/mol. The first-order chi connectivity index (χ1) is 11.7. The topological polar surface area (TPSA) is 38.8 Å². The van der Waals surface area contributed by atoms with Crippen LogP contribution in [-0.2, 0) is 0 Å². The number of rotatable bonds is 4. The Kier molecular flexibility index (Phi) is 4.94. The molecule has 0 bridgehead atoms. The summed E-state index contributed by atoms with van der Waals surface area (Å²) in [5.74, 6) is 1.33. The molecule has 1 fully saturated rings. The van der Waals surface area contributed by atoms with Crippen LogP contribution in [0.1, 0.15) is 21.3 Å². The Morgan fingerprint density at radius 2 is 2.00 bits per heavy atom. The summed E-state index contributed by atoms with van der Waals surface area (Å²) in [5, 5.41) is -0.210. The summed E-state index contributed by atoms with van der Waals surface area (Å²) in [6.45, 7) is 0.567. The largest absolute Gasteiger partial charge is 0.497 e. The Morgan fingerprint density at radius 3 is 2.71 bits per heavy atom. The Bertz CT molecular complexity index is 753. The molecule has 126 valence electrons. The molecule has 0 aliphatic carbocycles. The van der Waals surface area contributed by atoms with E-state index in [1.807, 2.05) is 12.1 Å². The van der Waals surface area contributed by atoms with Crippen molar-refractivity contribution in [2.75, 3.05) is 26.5 Å². The lowest BCUT2D eigenvalue weighted by molar-refractivity contribution is 0.0754. The predicted octanol–water partition coefficient (Wildman–Crippen LogP) is 3.73. The minimum Gasteiger partial charge on any atom is -0.497 e. The third kappa shape index (κ3) is 3.06. The summed E-state index contributed by atoms with van der Waals surface area (Å²) >= 11 is 1.64. The van der Waals surface area contributed by atoms with Crippen LogP contribution in [0.25, 0.3) is 0 Å². The zero-order chi connectivity index (χ0) is 17.1. The average molecular weight is 347 g/mol. The van der Waals surface area contributed by atoms with Crippen molar-refractivity contribution in [1.29, 1.82) is 0 Å². The Labute approximate surface area is 144 Å². The van der Waals surface area contributed by atoms with E-state index in [0.717, 1.165) is 11.3 Å². The van der Waals surface area contributed by atoms with Gasteiger partial charge in [0.05, 0.1) is 19.8 Å². The molecule has 0 saturated carbocycles. The molecule has 2 aromatic rings. The van der Waals surface area contributed by atoms with Gasteiger partial charge in [-0.3, -0.25) is 4.79 Å². The molecule has 1 heterocycles. The van der Waals surface area contributed by atoms with Crippen LogP contribution in [0.5, 0.6) is 11.5 Å². The van der Waals surface area contributed by atoms with Crippen LogP contribution in [0.2, 0.25) is 0 Å². The van der Waals surface area contributed by atoms with Gasteiger partial charge in [0.1, 0.15) is 22.7 Å². The normalized spacial score (nSPS) is 17.0. The SMILES string of the molecule is COc1ccc([C@H]2SCCN2C(=O)c2ccccc2F)c(OC)c1. The molecule has 2 aromatic carbocycles. The van der Waals surface area contributed by atoms with Gasteiger partial charge in [0.2, 0.25) is 0 Å². The number of hydrogen-bond donors (Lipinski definition) is 0. The van der Waals surface area contributed by atoms with Crippen LogP contribution in [-0.4, -0.2) is 37.3 Å². The zero-order valence-electron chi connectivity index (χ0n) is 13.5. The molecule has 1 aliphatic rings. The van der Waals surface area contributed by atoms with Crippen LogP contribution in [0, 0.1) is 5.82 Å². The molecule has 4 nitrogen and oxygen atoms in total. The van der Waals surface area contributed by atoms with Crippen molar-refractivity contribution in [2.45, 2.75) is 5.37 Å². The van der Waals surface area contributed by atoms with Crippen molar-refractivity contribution in [3.05, 3.63) is 59.4 Å². The first-order valence-electron chi connectivity index (χ1n) is 7.54. The molecule has 1 amide bonds. The number of halogens is 1. The molecule has 0 radical (unpaired) electrons. The van der Waals surface area contributed by atoms with Crippen LogP contribution in [0.3, 0.4) is 0 Å². The summed E-state index contributed by atoms with van der Waals surface area (Å²) in [7, 11) is 3.17. The minimum atomic E-state index is -0.500. The second kappa shape index (κ2) is 7.13. The quantitative estimate of drug-likeness (QED) is 0.845. The third-order valence-electron chi connectivity index (χ3n) is 3.96. The Balaban J connectivity index is 1.94. The average Bonchev–Trinajstić information content (AvgIpc) is 3.10. The number of ether oxygens (including phenoxy) is 2. The van der Waals surface area contributed by atoms with Gasteiger partial charge in [-0.25, -0.2) is 4.39 Å². The van der Waals surface area contributed by atoms with E-state index >= 15 is 0 Å². The fraction of sp³-hybridized carbons (Fsp3) is 0.278. The van der Waals surface area contributed by atoms with Gasteiger partial charge >= 0.3 is 0 Å². The molecule has 0 spiro atoms. The standard InChI is InChI=1S/C18H18FNO3S/c1-22-12-7-8-14(16(11-12)23-2)18-20(9-10-24-18)17(21)13-5-3-4-6-15(13)19/h3-8,11,18H,9-10H2,1-2H3/t18-/m1/s1. The number of nitrogens with zero attached hydrogens (tertiary/aromatic N) is 1. The molecule has 0 aromatic heterocycles. The van der Waals surface area contributed by atoms with Gasteiger partial charge in [0, 0.05) is 23.9 Å². The summed E-state index contributed by atoms with van der Waals surface area (Å²) < 4.78 is 24.6. The highest BCUT2D eigenvalue weighted by Gasteiger charge is 2.34. The first kappa shape index (κ1) is 16.6. The number of carbonyl (C=O) groups is 1. The smallest absolute Gasteiger partial charge is 0.258 e. The van der Waals surface area contributed by atoms with Crippen LogP contribution >= 0.6 is 11.8 Å². The molecule has 1 atom stereocenters. The highest BCUT2D eigenvalue weighted by Crippen LogP contribution is 2.43. The maximum absolute atomic E-state index is 14.0. The summed E-state index contributed by atoms with van der Waals surface area (Å²) in [5.41, 5.74) is 0.975. The van der Waals surface area contributed by atoms with E-state index in [9.17, 15) is 9.18 Å². The number of thioether (sulfide) groups is 1. The lowest BCUT2D eigenvalue weighted by atomic mass is 10.1. The van der Waals surface area contributed by atoms with Crippen molar-refractivity contribution >= 4 is 17.7 Å². The number of amides is 1. The molecule has 3 rings (SSSR count). The second-order valence-electron chi connectivity index (χ2n) is 5.31. The lowest BCUT2D eigenvalue weighted by Crippen LogP contribution is -2.31. The lowest BCUT2D eigenvalue weighted by Gasteiger charge is -2.26. The number of carbonyl (C=O) groups excluding carboxylic acids is 1. The molecule has 24 heavy (non-hydrogen) atoms. The van der Waals surface area contributed by atoms with E-state index in [1.54, 1.807) is 49.1 Å². The fourth-order valence-corrected chi connectivity index (χ4v) is 4.03. The monoisotopic (exact) mass is 347 g/mol. The molecule has 0 N–H and O–H groups in total. The van der Waals surface area contributed by atoms with Gasteiger partial charge in [-0.15, -0.1) is 11.8 Å².